The summed E-state index contributed by atoms with van der Waals surface area (Å²) in [5.41, 5.74) is 0.589. The molecule has 1 unspecified atom stereocenters. The van der Waals surface area contributed by atoms with Crippen molar-refractivity contribution in [2.45, 2.75) is 19.4 Å². The molecule has 0 aliphatic carbocycles. The first kappa shape index (κ1) is 12.9. The summed E-state index contributed by atoms with van der Waals surface area (Å²) in [5.74, 6) is -1.44. The van der Waals surface area contributed by atoms with Crippen LogP contribution in [-0.2, 0) is 4.79 Å². The van der Waals surface area contributed by atoms with Crippen LogP contribution in [0.5, 0.6) is 0 Å². The van der Waals surface area contributed by atoms with Gasteiger partial charge < -0.3 is 10.2 Å². The van der Waals surface area contributed by atoms with E-state index >= 15 is 0 Å². The van der Waals surface area contributed by atoms with Crippen LogP contribution in [0.1, 0.15) is 35.4 Å². The second-order valence-electron chi connectivity index (χ2n) is 3.29. The number of hydrogen-bond acceptors (Lipinski definition) is 3. The number of ketones is 1. The molecule has 1 rings (SSSR count). The third-order valence-electron chi connectivity index (χ3n) is 2.11. The minimum atomic E-state index is -1.61. The average molecular weight is 287 g/mol. The van der Waals surface area contributed by atoms with Crippen molar-refractivity contribution in [1.82, 2.24) is 0 Å². The van der Waals surface area contributed by atoms with Crippen LogP contribution in [0.25, 0.3) is 0 Å². The van der Waals surface area contributed by atoms with Crippen LogP contribution >= 0.6 is 15.9 Å². The molecule has 0 saturated carbocycles. The van der Waals surface area contributed by atoms with Gasteiger partial charge in [0, 0.05) is 16.5 Å². The molecule has 86 valence electrons. The summed E-state index contributed by atoms with van der Waals surface area (Å²) in [4.78, 5) is 22.1. The highest BCUT2D eigenvalue weighted by atomic mass is 79.9. The molecule has 0 amide bonds. The number of rotatable bonds is 4. The molecule has 0 aliphatic heterocycles. The van der Waals surface area contributed by atoms with Crippen molar-refractivity contribution < 1.29 is 19.8 Å². The van der Waals surface area contributed by atoms with E-state index in [0.29, 0.717) is 16.5 Å². The SMILES string of the molecule is CCC(=O)c1cc(Br)cc(C(O)C(=O)O)c1. The molecule has 0 heterocycles. The lowest BCUT2D eigenvalue weighted by Crippen LogP contribution is -2.11. The van der Waals surface area contributed by atoms with Gasteiger partial charge in [-0.05, 0) is 23.8 Å². The Morgan fingerprint density at radius 2 is 2.00 bits per heavy atom. The average Bonchev–Trinajstić information content (AvgIpc) is 2.25. The molecule has 2 N–H and O–H groups in total. The van der Waals surface area contributed by atoms with E-state index in [-0.39, 0.29) is 11.3 Å². The smallest absolute Gasteiger partial charge is 0.337 e. The molecule has 1 aromatic rings. The second-order valence-corrected chi connectivity index (χ2v) is 4.21. The normalized spacial score (nSPS) is 12.2. The summed E-state index contributed by atoms with van der Waals surface area (Å²) in [5, 5.41) is 18.0. The third kappa shape index (κ3) is 2.90. The summed E-state index contributed by atoms with van der Waals surface area (Å²) in [6, 6.07) is 4.48. The van der Waals surface area contributed by atoms with Gasteiger partial charge in [-0.15, -0.1) is 0 Å². The Labute approximate surface area is 101 Å². The zero-order chi connectivity index (χ0) is 12.3. The van der Waals surface area contributed by atoms with Gasteiger partial charge in [-0.1, -0.05) is 22.9 Å². The summed E-state index contributed by atoms with van der Waals surface area (Å²) in [6.07, 6.45) is -1.28. The first-order valence-corrected chi connectivity index (χ1v) is 5.49. The molecule has 0 aromatic heterocycles. The van der Waals surface area contributed by atoms with Crippen LogP contribution in [0.15, 0.2) is 22.7 Å². The number of Topliss-reactive ketones (excluding diaryl/α,β-unsaturated/α-hetero) is 1. The van der Waals surface area contributed by atoms with Crippen molar-refractivity contribution >= 4 is 27.7 Å². The molecule has 16 heavy (non-hydrogen) atoms. The van der Waals surface area contributed by atoms with E-state index in [2.05, 4.69) is 15.9 Å². The molecule has 0 radical (unpaired) electrons. The van der Waals surface area contributed by atoms with Crippen LogP contribution in [0.4, 0.5) is 0 Å². The van der Waals surface area contributed by atoms with Crippen molar-refractivity contribution in [3.8, 4) is 0 Å². The van der Waals surface area contributed by atoms with Crippen molar-refractivity contribution in [2.75, 3.05) is 0 Å². The minimum Gasteiger partial charge on any atom is -0.479 e. The number of aliphatic hydroxyl groups is 1. The van der Waals surface area contributed by atoms with Crippen LogP contribution in [0, 0.1) is 0 Å². The monoisotopic (exact) mass is 286 g/mol. The number of aliphatic carboxylic acids is 1. The summed E-state index contributed by atoms with van der Waals surface area (Å²) in [6.45, 7) is 1.72. The molecule has 1 atom stereocenters. The van der Waals surface area contributed by atoms with E-state index in [1.165, 1.54) is 12.1 Å². The van der Waals surface area contributed by atoms with Gasteiger partial charge in [-0.2, -0.15) is 0 Å². The second kappa shape index (κ2) is 5.23. The Balaban J connectivity index is 3.17. The predicted octanol–water partition coefficient (Wildman–Crippen LogP) is 2.16. The highest BCUT2D eigenvalue weighted by Crippen LogP contribution is 2.22. The van der Waals surface area contributed by atoms with E-state index in [1.54, 1.807) is 13.0 Å². The number of halogens is 1. The van der Waals surface area contributed by atoms with Gasteiger partial charge in [0.2, 0.25) is 0 Å². The number of aliphatic hydroxyl groups excluding tert-OH is 1. The highest BCUT2D eigenvalue weighted by molar-refractivity contribution is 9.10. The first-order chi connectivity index (χ1) is 7.45. The quantitative estimate of drug-likeness (QED) is 0.832. The number of carboxylic acids is 1. The van der Waals surface area contributed by atoms with Crippen LogP contribution in [-0.4, -0.2) is 22.0 Å². The Bertz CT molecular complexity index is 428. The van der Waals surface area contributed by atoms with E-state index in [9.17, 15) is 14.7 Å². The van der Waals surface area contributed by atoms with Crippen molar-refractivity contribution in [3.05, 3.63) is 33.8 Å². The lowest BCUT2D eigenvalue weighted by atomic mass is 10.0. The fourth-order valence-corrected chi connectivity index (χ4v) is 1.79. The molecule has 0 bridgehead atoms. The van der Waals surface area contributed by atoms with Gasteiger partial charge in [0.25, 0.3) is 0 Å². The molecular weight excluding hydrogens is 276 g/mol. The molecule has 0 saturated heterocycles. The lowest BCUT2D eigenvalue weighted by molar-refractivity contribution is -0.146. The van der Waals surface area contributed by atoms with Crippen molar-refractivity contribution in [1.29, 1.82) is 0 Å². The Morgan fingerprint density at radius 3 is 2.50 bits per heavy atom. The van der Waals surface area contributed by atoms with Crippen LogP contribution < -0.4 is 0 Å². The summed E-state index contributed by atoms with van der Waals surface area (Å²) < 4.78 is 0.571. The summed E-state index contributed by atoms with van der Waals surface area (Å²) in [7, 11) is 0. The van der Waals surface area contributed by atoms with E-state index in [0.717, 1.165) is 0 Å². The Morgan fingerprint density at radius 1 is 1.38 bits per heavy atom. The largest absolute Gasteiger partial charge is 0.479 e. The molecular formula is C11H11BrO4. The Kier molecular flexibility index (Phi) is 4.20. The molecule has 5 heteroatoms. The van der Waals surface area contributed by atoms with Gasteiger partial charge in [0.15, 0.2) is 11.9 Å². The number of carbonyl (C=O) groups excluding carboxylic acids is 1. The third-order valence-corrected chi connectivity index (χ3v) is 2.57. The van der Waals surface area contributed by atoms with Gasteiger partial charge in [-0.25, -0.2) is 4.79 Å². The summed E-state index contributed by atoms with van der Waals surface area (Å²) >= 11 is 3.17. The molecule has 0 fully saturated rings. The van der Waals surface area contributed by atoms with E-state index in [1.807, 2.05) is 0 Å². The Hall–Kier alpha value is -1.20. The molecule has 4 nitrogen and oxygen atoms in total. The maximum atomic E-state index is 11.5. The lowest BCUT2D eigenvalue weighted by Gasteiger charge is -2.08. The number of carboxylic acid groups (broad SMARTS) is 1. The topological polar surface area (TPSA) is 74.6 Å². The zero-order valence-electron chi connectivity index (χ0n) is 8.61. The fourth-order valence-electron chi connectivity index (χ4n) is 1.28. The van der Waals surface area contributed by atoms with Crippen molar-refractivity contribution in [2.24, 2.45) is 0 Å². The molecule has 0 aliphatic rings. The van der Waals surface area contributed by atoms with E-state index in [4.69, 9.17) is 5.11 Å². The van der Waals surface area contributed by atoms with Crippen molar-refractivity contribution in [3.63, 3.8) is 0 Å². The maximum Gasteiger partial charge on any atom is 0.337 e. The first-order valence-electron chi connectivity index (χ1n) is 4.70. The van der Waals surface area contributed by atoms with Gasteiger partial charge in [-0.3, -0.25) is 4.79 Å². The number of hydrogen-bond donors (Lipinski definition) is 2. The predicted molar refractivity (Wildman–Crippen MR) is 61.4 cm³/mol. The van der Waals surface area contributed by atoms with Crippen LogP contribution in [0.2, 0.25) is 0 Å². The van der Waals surface area contributed by atoms with Gasteiger partial charge in [0.05, 0.1) is 0 Å². The highest BCUT2D eigenvalue weighted by Gasteiger charge is 2.18. The molecule has 0 spiro atoms. The number of carbonyl (C=O) groups is 2. The molecule has 1 aromatic carbocycles. The van der Waals surface area contributed by atoms with E-state index < -0.39 is 12.1 Å². The van der Waals surface area contributed by atoms with Crippen LogP contribution in [0.3, 0.4) is 0 Å². The minimum absolute atomic E-state index is 0.0971. The maximum absolute atomic E-state index is 11.5. The fraction of sp³-hybridized carbons (Fsp3) is 0.273. The number of benzene rings is 1. The standard InChI is InChI=1S/C11H11BrO4/c1-2-9(13)6-3-7(5-8(12)4-6)10(14)11(15)16/h3-5,10,14H,2H2,1H3,(H,15,16). The zero-order valence-corrected chi connectivity index (χ0v) is 10.2. The van der Waals surface area contributed by atoms with Gasteiger partial charge in [0.1, 0.15) is 0 Å². The van der Waals surface area contributed by atoms with Gasteiger partial charge >= 0.3 is 5.97 Å².